The van der Waals surface area contributed by atoms with Crippen LogP contribution in [0.3, 0.4) is 0 Å². The Kier molecular flexibility index (Phi) is 5.48. The number of nitrogens with zero attached hydrogens (tertiary/aromatic N) is 1. The van der Waals surface area contributed by atoms with Gasteiger partial charge in [0.15, 0.2) is 0 Å². The predicted octanol–water partition coefficient (Wildman–Crippen LogP) is 2.97. The summed E-state index contributed by atoms with van der Waals surface area (Å²) in [5.41, 5.74) is 2.15. The van der Waals surface area contributed by atoms with E-state index in [1.807, 2.05) is 0 Å². The van der Waals surface area contributed by atoms with Crippen LogP contribution in [0.1, 0.15) is 65.2 Å². The third kappa shape index (κ3) is 3.11. The highest BCUT2D eigenvalue weighted by Gasteiger charge is 2.59. The lowest BCUT2D eigenvalue weighted by Crippen LogP contribution is -2.54. The molecule has 4 aliphatic rings. The topological polar surface area (TPSA) is 63.9 Å². The van der Waals surface area contributed by atoms with Gasteiger partial charge in [0.05, 0.1) is 19.3 Å². The van der Waals surface area contributed by atoms with Crippen molar-refractivity contribution in [3.05, 3.63) is 11.6 Å². The molecule has 0 heterocycles. The Balaban J connectivity index is 1.58. The molecule has 0 unspecified atom stereocenters. The maximum atomic E-state index is 10.2. The molecule has 4 nitrogen and oxygen atoms in total. The van der Waals surface area contributed by atoms with Crippen LogP contribution in [0.4, 0.5) is 0 Å². The van der Waals surface area contributed by atoms with E-state index in [9.17, 15) is 15.3 Å². The lowest BCUT2D eigenvalue weighted by atomic mass is 9.47. The summed E-state index contributed by atoms with van der Waals surface area (Å²) in [4.78, 5) is 2.36. The zero-order chi connectivity index (χ0) is 19.2. The molecular weight excluding hydrogens is 338 g/mol. The van der Waals surface area contributed by atoms with Gasteiger partial charge in [-0.15, -0.1) is 0 Å². The Morgan fingerprint density at radius 2 is 1.74 bits per heavy atom. The molecule has 3 fully saturated rings. The summed E-state index contributed by atoms with van der Waals surface area (Å²) in [6.45, 7) is 6.70. The number of hydrogen-bond donors (Lipinski definition) is 3. The van der Waals surface area contributed by atoms with Crippen molar-refractivity contribution < 1.29 is 15.3 Å². The summed E-state index contributed by atoms with van der Waals surface area (Å²) < 4.78 is 0. The molecule has 0 aromatic carbocycles. The first-order valence-corrected chi connectivity index (χ1v) is 11.3. The molecule has 7 atom stereocenters. The van der Waals surface area contributed by atoms with Crippen molar-refractivity contribution in [2.24, 2.45) is 28.6 Å². The van der Waals surface area contributed by atoms with Gasteiger partial charge < -0.3 is 15.3 Å². The lowest BCUT2D eigenvalue weighted by molar-refractivity contribution is -0.0621. The van der Waals surface area contributed by atoms with Crippen molar-refractivity contribution in [3.63, 3.8) is 0 Å². The molecule has 3 saturated carbocycles. The highest BCUT2D eigenvalue weighted by atomic mass is 16.3. The second-order valence-electron chi connectivity index (χ2n) is 10.3. The first-order valence-electron chi connectivity index (χ1n) is 11.3. The molecule has 3 N–H and O–H groups in total. The minimum absolute atomic E-state index is 0.129. The first kappa shape index (κ1) is 19.9. The van der Waals surface area contributed by atoms with Gasteiger partial charge in [0.2, 0.25) is 0 Å². The Labute approximate surface area is 164 Å². The van der Waals surface area contributed by atoms with Gasteiger partial charge >= 0.3 is 0 Å². The minimum atomic E-state index is -0.129. The maximum absolute atomic E-state index is 10.2. The molecular formula is C23H39NO3. The number of rotatable bonds is 5. The fourth-order valence-corrected chi connectivity index (χ4v) is 7.89. The molecule has 0 amide bonds. The first-order chi connectivity index (χ1) is 12.9. The summed E-state index contributed by atoms with van der Waals surface area (Å²) in [5.74, 6) is 2.29. The van der Waals surface area contributed by atoms with Gasteiger partial charge in [-0.1, -0.05) is 25.5 Å². The second-order valence-corrected chi connectivity index (χ2v) is 10.3. The van der Waals surface area contributed by atoms with E-state index in [4.69, 9.17) is 0 Å². The fourth-order valence-electron chi connectivity index (χ4n) is 7.89. The van der Waals surface area contributed by atoms with Crippen LogP contribution >= 0.6 is 0 Å². The molecule has 0 aromatic heterocycles. The van der Waals surface area contributed by atoms with E-state index in [1.54, 1.807) is 5.57 Å². The standard InChI is InChI=1S/C23H39NO3/c1-22-9-7-17(27)15-16(22)3-4-18-19-5-6-21(24(11-13-25)12-14-26)23(19,2)10-8-20(18)22/h3,17-21,25-27H,4-15H2,1-2H3/t17-,18+,19+,20+,21+,22+,23+/m1/s1. The van der Waals surface area contributed by atoms with Crippen molar-refractivity contribution in [3.8, 4) is 0 Å². The monoisotopic (exact) mass is 377 g/mol. The van der Waals surface area contributed by atoms with Gasteiger partial charge in [0.25, 0.3) is 0 Å². The largest absolute Gasteiger partial charge is 0.395 e. The average Bonchev–Trinajstić information content (AvgIpc) is 2.99. The van der Waals surface area contributed by atoms with Gasteiger partial charge in [0.1, 0.15) is 0 Å². The van der Waals surface area contributed by atoms with Crippen molar-refractivity contribution >= 4 is 0 Å². The summed E-state index contributed by atoms with van der Waals surface area (Å²) in [6, 6.07) is 0.495. The molecule has 4 rings (SSSR count). The molecule has 0 bridgehead atoms. The second kappa shape index (κ2) is 7.44. The van der Waals surface area contributed by atoms with E-state index in [0.717, 1.165) is 37.0 Å². The van der Waals surface area contributed by atoms with E-state index >= 15 is 0 Å². The van der Waals surface area contributed by atoms with Gasteiger partial charge in [-0.25, -0.2) is 0 Å². The van der Waals surface area contributed by atoms with Gasteiger partial charge in [-0.3, -0.25) is 4.90 Å². The Morgan fingerprint density at radius 1 is 1.00 bits per heavy atom. The van der Waals surface area contributed by atoms with Crippen LogP contribution in [0.25, 0.3) is 0 Å². The smallest absolute Gasteiger partial charge is 0.0577 e. The lowest BCUT2D eigenvalue weighted by Gasteiger charge is -2.58. The van der Waals surface area contributed by atoms with E-state index in [-0.39, 0.29) is 19.3 Å². The van der Waals surface area contributed by atoms with Crippen molar-refractivity contribution in [2.45, 2.75) is 77.4 Å². The minimum Gasteiger partial charge on any atom is -0.395 e. The van der Waals surface area contributed by atoms with Crippen LogP contribution in [0.2, 0.25) is 0 Å². The normalized spacial score (nSPS) is 46.6. The zero-order valence-corrected chi connectivity index (χ0v) is 17.2. The molecule has 0 aliphatic heterocycles. The summed E-state index contributed by atoms with van der Waals surface area (Å²) in [7, 11) is 0. The molecule has 154 valence electrons. The van der Waals surface area contributed by atoms with Crippen LogP contribution in [0.5, 0.6) is 0 Å². The molecule has 4 heteroatoms. The van der Waals surface area contributed by atoms with Crippen LogP contribution in [-0.4, -0.2) is 58.7 Å². The number of aliphatic hydroxyl groups excluding tert-OH is 3. The van der Waals surface area contributed by atoms with Gasteiger partial charge in [0, 0.05) is 19.1 Å². The number of allylic oxidation sites excluding steroid dienone is 1. The van der Waals surface area contributed by atoms with Crippen molar-refractivity contribution in [2.75, 3.05) is 26.3 Å². The van der Waals surface area contributed by atoms with Crippen LogP contribution < -0.4 is 0 Å². The van der Waals surface area contributed by atoms with Crippen LogP contribution in [-0.2, 0) is 0 Å². The average molecular weight is 378 g/mol. The maximum Gasteiger partial charge on any atom is 0.0577 e. The highest BCUT2D eigenvalue weighted by Crippen LogP contribution is 2.65. The third-order valence-corrected chi connectivity index (χ3v) is 9.24. The van der Waals surface area contributed by atoms with E-state index in [0.29, 0.717) is 30.0 Å². The van der Waals surface area contributed by atoms with Crippen LogP contribution in [0.15, 0.2) is 11.6 Å². The molecule has 0 radical (unpaired) electrons. The summed E-state index contributed by atoms with van der Waals surface area (Å²) in [6.07, 6.45) is 11.6. The Hall–Kier alpha value is -0.420. The van der Waals surface area contributed by atoms with E-state index in [1.165, 1.54) is 32.1 Å². The Bertz CT molecular complexity index is 572. The SMILES string of the molecule is C[C@]12CC[C@H]3[C@@H](CC=C4C[C@H](O)CC[C@@]43C)[C@@H]1CC[C@@H]2N(CCO)CCO. The van der Waals surface area contributed by atoms with E-state index in [2.05, 4.69) is 24.8 Å². The predicted molar refractivity (Wildman–Crippen MR) is 107 cm³/mol. The quantitative estimate of drug-likeness (QED) is 0.645. The number of fused-ring (bicyclic) bond motifs is 5. The molecule has 27 heavy (non-hydrogen) atoms. The van der Waals surface area contributed by atoms with Crippen molar-refractivity contribution in [1.29, 1.82) is 0 Å². The molecule has 0 spiro atoms. The summed E-state index contributed by atoms with van der Waals surface area (Å²) in [5, 5.41) is 29.2. The number of hydrogen-bond acceptors (Lipinski definition) is 4. The molecule has 4 aliphatic carbocycles. The van der Waals surface area contributed by atoms with Crippen LogP contribution in [0, 0.1) is 28.6 Å². The van der Waals surface area contributed by atoms with Gasteiger partial charge in [-0.05, 0) is 80.0 Å². The molecule has 0 aromatic rings. The Morgan fingerprint density at radius 3 is 2.44 bits per heavy atom. The molecule has 0 saturated heterocycles. The highest BCUT2D eigenvalue weighted by molar-refractivity contribution is 5.25. The summed E-state index contributed by atoms with van der Waals surface area (Å²) >= 11 is 0. The van der Waals surface area contributed by atoms with Gasteiger partial charge in [-0.2, -0.15) is 0 Å². The van der Waals surface area contributed by atoms with E-state index < -0.39 is 0 Å². The third-order valence-electron chi connectivity index (χ3n) is 9.24. The fraction of sp³-hybridized carbons (Fsp3) is 0.913. The zero-order valence-electron chi connectivity index (χ0n) is 17.2. The van der Waals surface area contributed by atoms with Crippen molar-refractivity contribution in [1.82, 2.24) is 4.90 Å². The number of aliphatic hydroxyl groups is 3.